The molecule has 2 heterocycles. The van der Waals surface area contributed by atoms with Gasteiger partial charge in [-0.05, 0) is 26.0 Å². The van der Waals surface area contributed by atoms with Gasteiger partial charge in [-0.1, -0.05) is 23.7 Å². The standard InChI is InChI=1S/C18H24ClN5S/c1-3-20-18(21-12-17-14(2)22-13-25-17)24-10-8-23(9-11-24)16-7-5-4-6-15(16)19/h4-7,13H,3,8-12H2,1-2H3,(H,20,21). The molecule has 1 aromatic heterocycles. The van der Waals surface area contributed by atoms with E-state index < -0.39 is 0 Å². The summed E-state index contributed by atoms with van der Waals surface area (Å²) in [5, 5.41) is 4.23. The Bertz CT molecular complexity index is 722. The number of aryl methyl sites for hydroxylation is 1. The molecule has 1 fully saturated rings. The minimum atomic E-state index is 0.684. The van der Waals surface area contributed by atoms with Gasteiger partial charge in [-0.3, -0.25) is 0 Å². The van der Waals surface area contributed by atoms with Gasteiger partial charge in [-0.15, -0.1) is 11.3 Å². The number of aromatic nitrogens is 1. The Labute approximate surface area is 158 Å². The van der Waals surface area contributed by atoms with Crippen molar-refractivity contribution < 1.29 is 0 Å². The van der Waals surface area contributed by atoms with Crippen LogP contribution >= 0.6 is 22.9 Å². The van der Waals surface area contributed by atoms with Gasteiger partial charge < -0.3 is 15.1 Å². The number of rotatable bonds is 4. The lowest BCUT2D eigenvalue weighted by Crippen LogP contribution is -2.52. The number of nitrogens with one attached hydrogen (secondary N) is 1. The second-order valence-corrected chi connectivity index (χ2v) is 7.30. The van der Waals surface area contributed by atoms with Gasteiger partial charge in [-0.25, -0.2) is 9.98 Å². The number of anilines is 1. The molecule has 25 heavy (non-hydrogen) atoms. The SMILES string of the molecule is CCNC(=NCc1scnc1C)N1CCN(c2ccccc2Cl)CC1. The van der Waals surface area contributed by atoms with E-state index in [1.807, 2.05) is 30.6 Å². The molecule has 1 saturated heterocycles. The number of aliphatic imine (C=N–C) groups is 1. The molecule has 0 radical (unpaired) electrons. The van der Waals surface area contributed by atoms with Crippen LogP contribution in [0.5, 0.6) is 0 Å². The fraction of sp³-hybridized carbons (Fsp3) is 0.444. The number of para-hydroxylation sites is 1. The predicted molar refractivity (Wildman–Crippen MR) is 107 cm³/mol. The summed E-state index contributed by atoms with van der Waals surface area (Å²) in [5.74, 6) is 0.981. The molecule has 1 aromatic carbocycles. The second-order valence-electron chi connectivity index (χ2n) is 5.96. The highest BCUT2D eigenvalue weighted by molar-refractivity contribution is 7.09. The molecule has 0 spiro atoms. The third-order valence-electron chi connectivity index (χ3n) is 4.32. The molecule has 5 nitrogen and oxygen atoms in total. The largest absolute Gasteiger partial charge is 0.367 e. The van der Waals surface area contributed by atoms with E-state index in [-0.39, 0.29) is 0 Å². The fourth-order valence-electron chi connectivity index (χ4n) is 2.92. The molecule has 1 aliphatic heterocycles. The third kappa shape index (κ3) is 4.44. The van der Waals surface area contributed by atoms with E-state index in [0.717, 1.165) is 55.1 Å². The molecule has 7 heteroatoms. The van der Waals surface area contributed by atoms with Crippen LogP contribution in [-0.4, -0.2) is 48.6 Å². The minimum absolute atomic E-state index is 0.684. The Morgan fingerprint density at radius 2 is 2.04 bits per heavy atom. The van der Waals surface area contributed by atoms with E-state index in [9.17, 15) is 0 Å². The van der Waals surface area contributed by atoms with Crippen LogP contribution in [0.3, 0.4) is 0 Å². The Morgan fingerprint density at radius 3 is 2.68 bits per heavy atom. The van der Waals surface area contributed by atoms with Crippen LogP contribution in [0.4, 0.5) is 5.69 Å². The van der Waals surface area contributed by atoms with Crippen molar-refractivity contribution in [3.8, 4) is 0 Å². The number of thiazole rings is 1. The maximum Gasteiger partial charge on any atom is 0.194 e. The summed E-state index contributed by atoms with van der Waals surface area (Å²) in [6, 6.07) is 8.05. The molecule has 1 aliphatic rings. The van der Waals surface area contributed by atoms with Crippen LogP contribution in [-0.2, 0) is 6.54 Å². The summed E-state index contributed by atoms with van der Waals surface area (Å²) in [7, 11) is 0. The maximum atomic E-state index is 6.33. The van der Waals surface area contributed by atoms with Gasteiger partial charge in [0, 0.05) is 37.6 Å². The molecule has 134 valence electrons. The molecular weight excluding hydrogens is 354 g/mol. The van der Waals surface area contributed by atoms with Gasteiger partial charge in [0.25, 0.3) is 0 Å². The first-order chi connectivity index (χ1) is 12.2. The quantitative estimate of drug-likeness (QED) is 0.655. The van der Waals surface area contributed by atoms with Crippen molar-refractivity contribution in [3.05, 3.63) is 45.4 Å². The second kappa shape index (κ2) is 8.54. The van der Waals surface area contributed by atoms with Crippen molar-refractivity contribution in [3.63, 3.8) is 0 Å². The monoisotopic (exact) mass is 377 g/mol. The van der Waals surface area contributed by atoms with Crippen LogP contribution in [0.2, 0.25) is 5.02 Å². The first kappa shape index (κ1) is 18.0. The van der Waals surface area contributed by atoms with Crippen molar-refractivity contribution in [2.24, 2.45) is 4.99 Å². The van der Waals surface area contributed by atoms with Gasteiger partial charge in [0.05, 0.1) is 28.5 Å². The van der Waals surface area contributed by atoms with Gasteiger partial charge in [0.2, 0.25) is 0 Å². The van der Waals surface area contributed by atoms with Gasteiger partial charge in [0.15, 0.2) is 5.96 Å². The van der Waals surface area contributed by atoms with Crippen molar-refractivity contribution in [1.82, 2.24) is 15.2 Å². The van der Waals surface area contributed by atoms with E-state index in [1.54, 1.807) is 11.3 Å². The Balaban J connectivity index is 1.64. The normalized spacial score (nSPS) is 15.6. The molecule has 0 atom stereocenters. The van der Waals surface area contributed by atoms with Crippen LogP contribution in [0, 0.1) is 6.92 Å². The molecule has 0 bridgehead atoms. The van der Waals surface area contributed by atoms with Crippen LogP contribution in [0.1, 0.15) is 17.5 Å². The zero-order chi connectivity index (χ0) is 17.6. The highest BCUT2D eigenvalue weighted by atomic mass is 35.5. The lowest BCUT2D eigenvalue weighted by atomic mass is 10.2. The average Bonchev–Trinajstić information content (AvgIpc) is 3.04. The first-order valence-electron chi connectivity index (χ1n) is 8.60. The van der Waals surface area contributed by atoms with Crippen molar-refractivity contribution >= 4 is 34.6 Å². The summed E-state index contributed by atoms with van der Waals surface area (Å²) in [4.78, 5) is 15.0. The Kier molecular flexibility index (Phi) is 6.15. The maximum absolute atomic E-state index is 6.33. The van der Waals surface area contributed by atoms with Crippen LogP contribution < -0.4 is 10.2 Å². The predicted octanol–water partition coefficient (Wildman–Crippen LogP) is 3.39. The number of halogens is 1. The first-order valence-corrected chi connectivity index (χ1v) is 9.86. The third-order valence-corrected chi connectivity index (χ3v) is 5.56. The van der Waals surface area contributed by atoms with Crippen molar-refractivity contribution in [2.75, 3.05) is 37.6 Å². The van der Waals surface area contributed by atoms with E-state index >= 15 is 0 Å². The summed E-state index contributed by atoms with van der Waals surface area (Å²) < 4.78 is 0. The number of hydrogen-bond acceptors (Lipinski definition) is 4. The highest BCUT2D eigenvalue weighted by Crippen LogP contribution is 2.26. The number of hydrogen-bond donors (Lipinski definition) is 1. The highest BCUT2D eigenvalue weighted by Gasteiger charge is 2.21. The smallest absolute Gasteiger partial charge is 0.194 e. The molecule has 0 aliphatic carbocycles. The number of benzene rings is 1. The van der Waals surface area contributed by atoms with E-state index in [0.29, 0.717) is 6.54 Å². The molecular formula is C18H24ClN5S. The molecule has 0 amide bonds. The number of guanidine groups is 1. The van der Waals surface area contributed by atoms with Gasteiger partial charge >= 0.3 is 0 Å². The van der Waals surface area contributed by atoms with Gasteiger partial charge in [0.1, 0.15) is 0 Å². The average molecular weight is 378 g/mol. The molecule has 1 N–H and O–H groups in total. The Morgan fingerprint density at radius 1 is 1.28 bits per heavy atom. The summed E-state index contributed by atoms with van der Waals surface area (Å²) >= 11 is 8.00. The fourth-order valence-corrected chi connectivity index (χ4v) is 3.87. The van der Waals surface area contributed by atoms with E-state index in [4.69, 9.17) is 16.6 Å². The molecule has 0 saturated carbocycles. The van der Waals surface area contributed by atoms with E-state index in [1.165, 1.54) is 4.88 Å². The summed E-state index contributed by atoms with van der Waals surface area (Å²) in [5.41, 5.74) is 4.08. The van der Waals surface area contributed by atoms with Crippen LogP contribution in [0.15, 0.2) is 34.8 Å². The molecule has 0 unspecified atom stereocenters. The lowest BCUT2D eigenvalue weighted by Gasteiger charge is -2.38. The summed E-state index contributed by atoms with van der Waals surface area (Å²) in [6.07, 6.45) is 0. The summed E-state index contributed by atoms with van der Waals surface area (Å²) in [6.45, 7) is 9.43. The zero-order valence-corrected chi connectivity index (χ0v) is 16.3. The van der Waals surface area contributed by atoms with Crippen LogP contribution in [0.25, 0.3) is 0 Å². The number of piperazine rings is 1. The molecule has 2 aromatic rings. The van der Waals surface area contributed by atoms with E-state index in [2.05, 4.69) is 33.1 Å². The molecule has 3 rings (SSSR count). The van der Waals surface area contributed by atoms with Crippen molar-refractivity contribution in [1.29, 1.82) is 0 Å². The Hall–Kier alpha value is -1.79. The van der Waals surface area contributed by atoms with Gasteiger partial charge in [-0.2, -0.15) is 0 Å². The minimum Gasteiger partial charge on any atom is -0.367 e. The zero-order valence-electron chi connectivity index (χ0n) is 14.7. The lowest BCUT2D eigenvalue weighted by molar-refractivity contribution is 0.372. The topological polar surface area (TPSA) is 43.8 Å². The van der Waals surface area contributed by atoms with Crippen molar-refractivity contribution in [2.45, 2.75) is 20.4 Å². The number of nitrogens with zero attached hydrogens (tertiary/aromatic N) is 4.